The first-order valence-electron chi connectivity index (χ1n) is 28.5. The van der Waals surface area contributed by atoms with E-state index in [9.17, 15) is 91.9 Å². The molecule has 0 aliphatic carbocycles. The van der Waals surface area contributed by atoms with Crippen LogP contribution in [0.5, 0.6) is 0 Å². The van der Waals surface area contributed by atoms with E-state index in [1.54, 1.807) is 0 Å². The van der Waals surface area contributed by atoms with E-state index in [0.29, 0.717) is 17.6 Å². The number of aliphatic hydroxyl groups is 18. The second-order valence-corrected chi connectivity index (χ2v) is 29.3. The van der Waals surface area contributed by atoms with Crippen LogP contribution in [0.1, 0.15) is 5.69 Å². The van der Waals surface area contributed by atoms with Crippen molar-refractivity contribution in [2.24, 2.45) is 0 Å². The summed E-state index contributed by atoms with van der Waals surface area (Å²) in [5.74, 6) is -1.33. The molecule has 18 rings (SSSR count). The summed E-state index contributed by atoms with van der Waals surface area (Å²) in [6.45, 7) is -0.462. The van der Waals surface area contributed by atoms with E-state index in [1.165, 1.54) is 4.68 Å². The van der Waals surface area contributed by atoms with Crippen molar-refractivity contribution in [2.45, 2.75) is 223 Å². The zero-order chi connectivity index (χ0) is 64.9. The van der Waals surface area contributed by atoms with Crippen molar-refractivity contribution in [3.63, 3.8) is 0 Å². The maximum absolute atomic E-state index is 15.2. The second-order valence-electron chi connectivity index (χ2n) is 23.7. The first-order chi connectivity index (χ1) is 42.1. The summed E-state index contributed by atoms with van der Waals surface area (Å²) in [4.78, 5) is 8.51. The van der Waals surface area contributed by atoms with Crippen LogP contribution in [0.3, 0.4) is 0 Å². The largest absolute Gasteiger partial charge is 0.433 e. The van der Waals surface area contributed by atoms with Crippen molar-refractivity contribution in [1.82, 2.24) is 19.7 Å². The van der Waals surface area contributed by atoms with Crippen LogP contribution in [0.4, 0.5) is 19.0 Å². The van der Waals surface area contributed by atoms with Gasteiger partial charge in [0, 0.05) is 20.2 Å². The Balaban J connectivity index is 1.11. The van der Waals surface area contributed by atoms with Gasteiger partial charge in [0.2, 0.25) is 0 Å². The van der Waals surface area contributed by atoms with Crippen molar-refractivity contribution in [3.8, 4) is 11.4 Å². The number of rotatable bonds is 13. The number of pyridine rings is 1. The maximum Gasteiger partial charge on any atom is 0.433 e. The smallest absolute Gasteiger partial charge is 0.394 e. The Morgan fingerprint density at radius 1 is 0.472 bits per heavy atom. The van der Waals surface area contributed by atoms with Gasteiger partial charge in [-0.2, -0.15) is 13.2 Å². The molecule has 2 aromatic rings. The minimum absolute atomic E-state index is 0.193. The van der Waals surface area contributed by atoms with Crippen LogP contribution >= 0.6 is 0 Å². The number of hydrogen-bond donors (Lipinski definition) is 18. The quantitative estimate of drug-likeness (QED) is 0.0654. The molecule has 508 valence electrons. The predicted octanol–water partition coefficient (Wildman–Crippen LogP) is -9.58. The highest BCUT2D eigenvalue weighted by atomic mass is 28.3. The molecule has 18 N–H and O–H groups in total. The highest BCUT2D eigenvalue weighted by molar-refractivity contribution is 6.76. The zero-order valence-corrected chi connectivity index (χ0v) is 48.7. The van der Waals surface area contributed by atoms with Gasteiger partial charge in [-0.1, -0.05) is 19.6 Å². The molecule has 30 atom stereocenters. The SMILES string of the molecule is C[Si](C)(C)CCOCn1cnc(-c2cc(N3[C@H]4[C@@H](O)[C@@H](O)[C@@H](O[C@H]5[C@H](O)[C@@H](O)[C@@H](O[C@H]6[C@H](O)[C@@H](O)[C@@H](O[C@H]7[C@H](O)[C@@H](O)[C@@H](O[C@H]8[C@H](O)[C@@H](O)[C@@H](O[C@H]9[C@H](O)[C@@H](O)[C@H]3O[C@@H]9CO)O[C@@H]8CO)O[C@@H]7CO)O[C@@H]6CO)O[C@@H]5CO)O[C@H]4CO)nc(C(F)(F)F)c2)n1. The second kappa shape index (κ2) is 28.9. The van der Waals surface area contributed by atoms with Gasteiger partial charge in [-0.15, -0.1) is 5.10 Å². The lowest BCUT2D eigenvalue weighted by Gasteiger charge is -2.54. The third-order valence-electron chi connectivity index (χ3n) is 16.4. The Labute approximate surface area is 503 Å². The third-order valence-corrected chi connectivity index (χ3v) is 18.1. The van der Waals surface area contributed by atoms with E-state index in [2.05, 4.69) is 34.7 Å². The Morgan fingerprint density at radius 2 is 0.831 bits per heavy atom. The zero-order valence-electron chi connectivity index (χ0n) is 47.7. The van der Waals surface area contributed by atoms with Crippen LogP contribution in [0.2, 0.25) is 25.7 Å². The number of alkyl halides is 3. The van der Waals surface area contributed by atoms with Crippen LogP contribution in [0, 0.1) is 0 Å². The third kappa shape index (κ3) is 14.6. The fraction of sp³-hybridized carbons (Fsp3) is 0.860. The molecule has 0 unspecified atom stereocenters. The summed E-state index contributed by atoms with van der Waals surface area (Å²) in [6, 6.07) is -0.0323. The number of ether oxygens (including phenoxy) is 12. The molecule has 35 nitrogen and oxygen atoms in total. The Kier molecular flexibility index (Phi) is 22.8. The highest BCUT2D eigenvalue weighted by Crippen LogP contribution is 2.42. The Morgan fingerprint density at radius 3 is 1.20 bits per heavy atom. The molecule has 16 saturated heterocycles. The van der Waals surface area contributed by atoms with Crippen molar-refractivity contribution in [1.29, 1.82) is 0 Å². The number of nitrogens with zero attached hydrogens (tertiary/aromatic N) is 5. The topological polar surface area (TPSA) is 522 Å². The summed E-state index contributed by atoms with van der Waals surface area (Å²) in [7, 11) is -1.56. The lowest BCUT2D eigenvalue weighted by Crippen LogP contribution is -2.73. The number of hydrogen-bond acceptors (Lipinski definition) is 34. The van der Waals surface area contributed by atoms with Crippen LogP contribution in [0.15, 0.2) is 18.5 Å². The summed E-state index contributed by atoms with van der Waals surface area (Å²) in [5, 5.41) is 208. The molecule has 16 aliphatic heterocycles. The molecule has 89 heavy (non-hydrogen) atoms. The molecule has 0 spiro atoms. The van der Waals surface area contributed by atoms with Crippen molar-refractivity contribution in [2.75, 3.05) is 51.1 Å². The van der Waals surface area contributed by atoms with E-state index in [0.717, 1.165) is 18.4 Å². The molecule has 0 radical (unpaired) electrons. The standard InChI is InChI=1S/C50H78F3N5O30Si/c1-89(2,3)5-4-77-15-57-14-54-43(56-57)16-6-23(50(51,52)53)55-24(7-16)58-25-17(8-59)79-45(33(72)26(25)65)85-39-19(10-61)81-47(35(74)28(39)67)87-41-21(12-63)83-49(37(76)30(41)69)88-42-22(13-64)82-48(36(75)31(42)70)86-40-20(11-62)80-46(34(73)29(40)68)84-38-18(9-60)78-44(58)32(71)27(38)66/h6-7,14,17-22,25-42,44-49,59-76H,4-5,8-13,15H2,1-3H3/t17-,18+,19+,20+,21+,22+,25+,26+,27+,28+,29+,30+,31+,32+,33+,34+,35+,36+,37+,38+,39+,40+,41+,42+,44+,45+,46+,47+,48+,49+/m0/s1. The van der Waals surface area contributed by atoms with E-state index in [1.807, 2.05) is 0 Å². The van der Waals surface area contributed by atoms with E-state index >= 15 is 13.2 Å². The molecule has 18 heterocycles. The first-order valence-corrected chi connectivity index (χ1v) is 32.2. The minimum atomic E-state index is -5.33. The van der Waals surface area contributed by atoms with Gasteiger partial charge >= 0.3 is 6.18 Å². The molecule has 0 saturated carbocycles. The van der Waals surface area contributed by atoms with Gasteiger partial charge in [0.25, 0.3) is 0 Å². The van der Waals surface area contributed by atoms with E-state index < -0.39 is 255 Å². The molecule has 0 amide bonds. The van der Waals surface area contributed by atoms with Gasteiger partial charge < -0.3 is 154 Å². The van der Waals surface area contributed by atoms with Gasteiger partial charge in [-0.25, -0.2) is 14.6 Å². The minimum Gasteiger partial charge on any atom is -0.394 e. The Hall–Kier alpha value is -3.10. The monoisotopic (exact) mass is 1310 g/mol. The molecular formula is C50H78F3N5O30Si. The maximum atomic E-state index is 15.2. The first kappa shape index (κ1) is 70.2. The molecular weight excluding hydrogens is 1240 g/mol. The van der Waals surface area contributed by atoms with Crippen molar-refractivity contribution >= 4 is 13.9 Å². The van der Waals surface area contributed by atoms with Crippen LogP contribution in [0.25, 0.3) is 11.4 Å². The molecule has 0 aromatic carbocycles. The fourth-order valence-electron chi connectivity index (χ4n) is 11.5. The fourth-order valence-corrected chi connectivity index (χ4v) is 12.3. The summed E-state index contributed by atoms with van der Waals surface area (Å²) >= 11 is 0. The average Bonchev–Trinajstić information content (AvgIpc) is 0.838. The normalized spacial score (nSPS) is 44.6. The van der Waals surface area contributed by atoms with Crippen LogP contribution in [-0.4, -0.2) is 350 Å². The summed E-state index contributed by atoms with van der Waals surface area (Å²) in [6.07, 6.45) is -66.5. The molecule has 16 fully saturated rings. The number of halogens is 3. The number of aliphatic hydroxyl groups excluding tert-OH is 18. The van der Waals surface area contributed by atoms with Gasteiger partial charge in [-0.05, 0) is 18.2 Å². The van der Waals surface area contributed by atoms with Gasteiger partial charge in [-0.3, -0.25) is 0 Å². The lowest BCUT2D eigenvalue weighted by molar-refractivity contribution is -0.395. The van der Waals surface area contributed by atoms with Gasteiger partial charge in [0.1, 0.15) is 165 Å². The number of anilines is 1. The molecule has 12 bridgehead atoms. The summed E-state index contributed by atoms with van der Waals surface area (Å²) < 4.78 is 116. The summed E-state index contributed by atoms with van der Waals surface area (Å²) in [5.41, 5.74) is -2.14. The van der Waals surface area contributed by atoms with Gasteiger partial charge in [0.05, 0.1) is 45.7 Å². The number of aromatic nitrogens is 4. The predicted molar refractivity (Wildman–Crippen MR) is 280 cm³/mol. The van der Waals surface area contributed by atoms with Crippen molar-refractivity contribution < 1.29 is 162 Å². The molecule has 2 aromatic heterocycles. The van der Waals surface area contributed by atoms with Gasteiger partial charge in [0.15, 0.2) is 43.5 Å². The Bertz CT molecular complexity index is 2580. The van der Waals surface area contributed by atoms with E-state index in [4.69, 9.17) is 56.8 Å². The molecule has 39 heteroatoms. The average molecular weight is 1310 g/mol. The molecule has 16 aliphatic rings. The lowest BCUT2D eigenvalue weighted by atomic mass is 9.91. The highest BCUT2D eigenvalue weighted by Gasteiger charge is 2.60. The van der Waals surface area contributed by atoms with Crippen LogP contribution in [-0.2, 0) is 69.7 Å². The van der Waals surface area contributed by atoms with Crippen molar-refractivity contribution in [3.05, 3.63) is 24.2 Å². The van der Waals surface area contributed by atoms with E-state index in [-0.39, 0.29) is 12.6 Å². The van der Waals surface area contributed by atoms with Crippen LogP contribution < -0.4 is 4.90 Å².